The Bertz CT molecular complexity index is 169. The second-order valence-corrected chi connectivity index (χ2v) is 9.13. The second-order valence-electron chi connectivity index (χ2n) is 2.37. The Kier molecular flexibility index (Phi) is 7.03. The van der Waals surface area contributed by atoms with Gasteiger partial charge in [-0.3, -0.25) is 0 Å². The van der Waals surface area contributed by atoms with Gasteiger partial charge < -0.3 is 0 Å². The van der Waals surface area contributed by atoms with Gasteiger partial charge in [0.05, 0.1) is 0 Å². The molecule has 0 aliphatic rings. The van der Waals surface area contributed by atoms with Crippen molar-refractivity contribution in [3.8, 4) is 0 Å². The van der Waals surface area contributed by atoms with Gasteiger partial charge in [-0.25, -0.2) is 0 Å². The molecule has 0 aliphatic heterocycles. The third-order valence-electron chi connectivity index (χ3n) is 1.10. The van der Waals surface area contributed by atoms with E-state index in [-0.39, 0.29) is 0 Å². The zero-order chi connectivity index (χ0) is 9.40. The molecule has 0 aromatic rings. The van der Waals surface area contributed by atoms with Gasteiger partial charge in [-0.2, -0.15) is 0 Å². The average molecular weight is 341 g/mol. The van der Waals surface area contributed by atoms with E-state index in [1.54, 1.807) is 0 Å². The number of hydrogen-bond donors (Lipinski definition) is 0. The molecule has 0 spiro atoms. The molecule has 0 atom stereocenters. The van der Waals surface area contributed by atoms with Crippen molar-refractivity contribution in [2.75, 3.05) is 0 Å². The zero-order valence-corrected chi connectivity index (χ0v) is 10.2. The molecule has 0 aliphatic carbocycles. The summed E-state index contributed by atoms with van der Waals surface area (Å²) in [6.45, 7) is 11.9. The van der Waals surface area contributed by atoms with Crippen LogP contribution in [-0.4, -0.2) is 0 Å². The monoisotopic (exact) mass is 342 g/mol. The summed E-state index contributed by atoms with van der Waals surface area (Å²) in [5.74, 6) is 0. The Morgan fingerprint density at radius 1 is 1.00 bits per heavy atom. The molecule has 0 fully saturated rings. The first-order valence-corrected chi connectivity index (χ1v) is 8.03. The summed E-state index contributed by atoms with van der Waals surface area (Å²) >= 11 is -1.11. The van der Waals surface area contributed by atoms with Gasteiger partial charge in [0.15, 0.2) is 0 Å². The van der Waals surface area contributed by atoms with Crippen molar-refractivity contribution in [2.45, 2.75) is 18.3 Å². The summed E-state index contributed by atoms with van der Waals surface area (Å²) in [6.07, 6.45) is 7.81. The van der Waals surface area contributed by atoms with Crippen LogP contribution < -0.4 is 0 Å². The number of rotatable bonds is 5. The van der Waals surface area contributed by atoms with Crippen molar-refractivity contribution in [2.24, 2.45) is 0 Å². The van der Waals surface area contributed by atoms with Crippen molar-refractivity contribution in [3.05, 3.63) is 46.6 Å². The Morgan fingerprint density at radius 2 is 1.42 bits per heavy atom. The molecule has 0 aromatic carbocycles. The van der Waals surface area contributed by atoms with Crippen molar-refractivity contribution in [1.29, 1.82) is 0 Å². The van der Waals surface area contributed by atoms with Crippen molar-refractivity contribution in [3.63, 3.8) is 0 Å². The van der Waals surface area contributed by atoms with Gasteiger partial charge in [-0.05, 0) is 0 Å². The number of allylic oxidation sites excluding steroid dienone is 4. The van der Waals surface area contributed by atoms with Gasteiger partial charge in [-0.15, -0.1) is 0 Å². The van der Waals surface area contributed by atoms with E-state index in [0.29, 0.717) is 0 Å². The van der Waals surface area contributed by atoms with E-state index in [1.807, 2.05) is 12.2 Å². The van der Waals surface area contributed by atoms with Crippen LogP contribution in [0.15, 0.2) is 46.6 Å². The van der Waals surface area contributed by atoms with Crippen molar-refractivity contribution in [1.82, 2.24) is 0 Å². The Morgan fingerprint density at radius 3 is 1.67 bits per heavy atom. The van der Waals surface area contributed by atoms with E-state index in [9.17, 15) is 0 Å². The summed E-state index contributed by atoms with van der Waals surface area (Å²) in [4.78, 5) is 0. The quantitative estimate of drug-likeness (QED) is 0.667. The third kappa shape index (κ3) is 5.28. The van der Waals surface area contributed by atoms with E-state index < -0.39 is 16.5 Å². The summed E-state index contributed by atoms with van der Waals surface area (Å²) in [6, 6.07) is 0. The van der Waals surface area contributed by atoms with Crippen LogP contribution in [-0.2, 0) is 16.5 Å². The molecule has 70 valence electrons. The van der Waals surface area contributed by atoms with Crippen LogP contribution in [0.1, 0.15) is 13.8 Å². The van der Waals surface area contributed by atoms with E-state index >= 15 is 0 Å². The van der Waals surface area contributed by atoms with E-state index in [1.165, 1.54) is 0 Å². The Labute approximate surface area is 81.5 Å². The fraction of sp³-hybridized carbons (Fsp3) is 0.273. The minimum absolute atomic E-state index is 0.789. The van der Waals surface area contributed by atoms with Gasteiger partial charge in [0.25, 0.3) is 0 Å². The van der Waals surface area contributed by atoms with E-state index in [2.05, 4.69) is 48.3 Å². The molecule has 0 N–H and O–H groups in total. The molecule has 0 heterocycles. The van der Waals surface area contributed by atoms with Gasteiger partial charge in [0.1, 0.15) is 0 Å². The molecular formula is C11H17Ir. The molecule has 0 aromatic heterocycles. The predicted octanol–water partition coefficient (Wildman–Crippen LogP) is 3.83. The van der Waals surface area contributed by atoms with Crippen molar-refractivity contribution < 1.29 is 16.5 Å². The van der Waals surface area contributed by atoms with Crippen LogP contribution in [0.4, 0.5) is 0 Å². The molecular weight excluding hydrogens is 324 g/mol. The molecule has 0 unspecified atom stereocenters. The molecule has 0 saturated carbocycles. The summed E-state index contributed by atoms with van der Waals surface area (Å²) in [7, 11) is 0. The Hall–Kier alpha value is -0.391. The standard InChI is InChI=1S/2C4H5.C3H7.Ir/c2*1-3-4-2;1-3-2;/h2*1,3-4H,2H2;3H,1-2H3;. The topological polar surface area (TPSA) is 0 Å². The van der Waals surface area contributed by atoms with Crippen LogP contribution in [0.2, 0.25) is 4.43 Å². The average Bonchev–Trinajstić information content (AvgIpc) is 2.04. The SMILES string of the molecule is C=CC=[CH][Ir]([CH]=CC=C)[CH](C)C. The maximum atomic E-state index is 3.67. The van der Waals surface area contributed by atoms with Gasteiger partial charge in [0, 0.05) is 0 Å². The Balaban J connectivity index is 4.22. The fourth-order valence-electron chi connectivity index (χ4n) is 0.533. The first-order chi connectivity index (χ1) is 5.72. The molecule has 0 bridgehead atoms. The van der Waals surface area contributed by atoms with Crippen LogP contribution >= 0.6 is 0 Å². The molecule has 0 rings (SSSR count). The molecule has 12 heavy (non-hydrogen) atoms. The van der Waals surface area contributed by atoms with Crippen LogP contribution in [0, 0.1) is 0 Å². The first-order valence-electron chi connectivity index (χ1n) is 3.88. The first kappa shape index (κ1) is 11.6. The van der Waals surface area contributed by atoms with Crippen molar-refractivity contribution >= 4 is 0 Å². The van der Waals surface area contributed by atoms with Gasteiger partial charge in [0.2, 0.25) is 0 Å². The van der Waals surface area contributed by atoms with E-state index in [4.69, 9.17) is 0 Å². The normalized spacial score (nSPS) is 12.8. The minimum atomic E-state index is -1.11. The van der Waals surface area contributed by atoms with Gasteiger partial charge in [-0.1, -0.05) is 0 Å². The maximum absolute atomic E-state index is 3.67. The third-order valence-corrected chi connectivity index (χ3v) is 7.06. The van der Waals surface area contributed by atoms with Crippen LogP contribution in [0.5, 0.6) is 0 Å². The van der Waals surface area contributed by atoms with Crippen LogP contribution in [0.3, 0.4) is 0 Å². The molecule has 0 nitrogen and oxygen atoms in total. The predicted molar refractivity (Wildman–Crippen MR) is 53.8 cm³/mol. The number of hydrogen-bond acceptors (Lipinski definition) is 0. The zero-order valence-electron chi connectivity index (χ0n) is 7.79. The van der Waals surface area contributed by atoms with Gasteiger partial charge >= 0.3 is 81.4 Å². The molecule has 0 saturated heterocycles. The second kappa shape index (κ2) is 7.27. The molecule has 0 amide bonds. The van der Waals surface area contributed by atoms with Crippen LogP contribution in [0.25, 0.3) is 0 Å². The summed E-state index contributed by atoms with van der Waals surface area (Å²) < 4.78 is 5.42. The summed E-state index contributed by atoms with van der Waals surface area (Å²) in [5.41, 5.74) is 0. The molecule has 1 heteroatoms. The molecule has 0 radical (unpaired) electrons. The fourth-order valence-corrected chi connectivity index (χ4v) is 4.36. The van der Waals surface area contributed by atoms with E-state index in [0.717, 1.165) is 4.43 Å². The summed E-state index contributed by atoms with van der Waals surface area (Å²) in [5, 5.41) is 0.